The lowest BCUT2D eigenvalue weighted by molar-refractivity contribution is -0.115. The topological polar surface area (TPSA) is 81.7 Å². The molecule has 146 valence electrons. The van der Waals surface area contributed by atoms with E-state index >= 15 is 0 Å². The van der Waals surface area contributed by atoms with Gasteiger partial charge in [-0.1, -0.05) is 18.2 Å². The molecular formula is C21H23N3O4. The molecule has 3 aromatic rings. The number of para-hydroxylation sites is 1. The minimum atomic E-state index is -0.130. The molecule has 0 aliphatic rings. The summed E-state index contributed by atoms with van der Waals surface area (Å²) in [6.07, 6.45) is 2.05. The Kier molecular flexibility index (Phi) is 6.16. The number of carbonyl (C=O) groups excluding carboxylic acids is 1. The number of anilines is 2. The van der Waals surface area contributed by atoms with Gasteiger partial charge in [-0.3, -0.25) is 9.78 Å². The van der Waals surface area contributed by atoms with Crippen LogP contribution in [-0.4, -0.2) is 38.8 Å². The number of amides is 1. The number of aromatic nitrogens is 1. The Morgan fingerprint density at radius 3 is 2.39 bits per heavy atom. The van der Waals surface area contributed by atoms with Crippen molar-refractivity contribution in [1.82, 2.24) is 4.98 Å². The van der Waals surface area contributed by atoms with Gasteiger partial charge in [0.1, 0.15) is 0 Å². The van der Waals surface area contributed by atoms with E-state index in [0.29, 0.717) is 35.9 Å². The number of hydrogen-bond acceptors (Lipinski definition) is 6. The molecule has 1 aromatic heterocycles. The first-order valence-electron chi connectivity index (χ1n) is 8.83. The fraction of sp³-hybridized carbons (Fsp3) is 0.238. The van der Waals surface area contributed by atoms with E-state index in [-0.39, 0.29) is 5.91 Å². The molecule has 28 heavy (non-hydrogen) atoms. The highest BCUT2D eigenvalue weighted by atomic mass is 16.5. The number of ether oxygens (including phenoxy) is 3. The number of carbonyl (C=O) groups is 1. The third-order valence-electron chi connectivity index (χ3n) is 4.25. The Labute approximate surface area is 163 Å². The minimum Gasteiger partial charge on any atom is -0.493 e. The number of methoxy groups -OCH3 is 3. The molecule has 0 unspecified atom stereocenters. The van der Waals surface area contributed by atoms with Crippen molar-refractivity contribution >= 4 is 28.2 Å². The van der Waals surface area contributed by atoms with Crippen molar-refractivity contribution < 1.29 is 19.0 Å². The van der Waals surface area contributed by atoms with Crippen molar-refractivity contribution in [2.75, 3.05) is 38.5 Å². The lowest BCUT2D eigenvalue weighted by atomic mass is 10.2. The Bertz CT molecular complexity index is 945. The largest absolute Gasteiger partial charge is 0.493 e. The van der Waals surface area contributed by atoms with Crippen molar-refractivity contribution in [3.63, 3.8) is 0 Å². The average molecular weight is 381 g/mol. The zero-order valence-electron chi connectivity index (χ0n) is 16.1. The first kappa shape index (κ1) is 19.3. The summed E-state index contributed by atoms with van der Waals surface area (Å²) in [6.45, 7) is 0.478. The van der Waals surface area contributed by atoms with Gasteiger partial charge in [0.2, 0.25) is 11.7 Å². The van der Waals surface area contributed by atoms with Crippen LogP contribution < -0.4 is 24.8 Å². The Hall–Kier alpha value is -3.48. The van der Waals surface area contributed by atoms with E-state index < -0.39 is 0 Å². The molecular weight excluding hydrogens is 358 g/mol. The molecule has 0 atom stereocenters. The van der Waals surface area contributed by atoms with Gasteiger partial charge in [-0.2, -0.15) is 0 Å². The molecule has 0 saturated heterocycles. The summed E-state index contributed by atoms with van der Waals surface area (Å²) in [6, 6.07) is 13.2. The summed E-state index contributed by atoms with van der Waals surface area (Å²) in [4.78, 5) is 16.7. The van der Waals surface area contributed by atoms with Crippen molar-refractivity contribution in [3.05, 3.63) is 48.7 Å². The molecule has 7 nitrogen and oxygen atoms in total. The van der Waals surface area contributed by atoms with Crippen LogP contribution in [0, 0.1) is 0 Å². The second-order valence-corrected chi connectivity index (χ2v) is 6.02. The van der Waals surface area contributed by atoms with Gasteiger partial charge < -0.3 is 24.8 Å². The number of rotatable bonds is 8. The highest BCUT2D eigenvalue weighted by molar-refractivity contribution is 5.93. The van der Waals surface area contributed by atoms with Gasteiger partial charge in [0.25, 0.3) is 0 Å². The smallest absolute Gasteiger partial charge is 0.226 e. The predicted octanol–water partition coefficient (Wildman–Crippen LogP) is 3.70. The van der Waals surface area contributed by atoms with Crippen LogP contribution in [-0.2, 0) is 4.79 Å². The van der Waals surface area contributed by atoms with E-state index in [0.717, 1.165) is 16.6 Å². The highest BCUT2D eigenvalue weighted by Gasteiger charge is 2.14. The van der Waals surface area contributed by atoms with Gasteiger partial charge in [0.15, 0.2) is 11.5 Å². The lowest BCUT2D eigenvalue weighted by Crippen LogP contribution is -2.16. The molecule has 0 aliphatic carbocycles. The number of hydrogen-bond donors (Lipinski definition) is 2. The number of pyridine rings is 1. The molecule has 7 heteroatoms. The molecule has 0 bridgehead atoms. The van der Waals surface area contributed by atoms with Crippen LogP contribution >= 0.6 is 0 Å². The number of benzene rings is 2. The standard InChI is InChI=1S/C21H23N3O4/c1-26-17-12-15(13-18(27-2)21(17)28-3)24-19(25)9-11-22-16-8-4-6-14-7-5-10-23-20(14)16/h4-8,10,12-13,22H,9,11H2,1-3H3,(H,24,25). The average Bonchev–Trinajstić information content (AvgIpc) is 2.73. The monoisotopic (exact) mass is 381 g/mol. The van der Waals surface area contributed by atoms with Crippen LogP contribution in [0.15, 0.2) is 48.7 Å². The zero-order chi connectivity index (χ0) is 19.9. The van der Waals surface area contributed by atoms with Crippen molar-refractivity contribution in [2.45, 2.75) is 6.42 Å². The summed E-state index contributed by atoms with van der Waals surface area (Å²) >= 11 is 0. The predicted molar refractivity (Wildman–Crippen MR) is 110 cm³/mol. The molecule has 0 fully saturated rings. The Morgan fingerprint density at radius 2 is 1.71 bits per heavy atom. The SMILES string of the molecule is COc1cc(NC(=O)CCNc2cccc3cccnc23)cc(OC)c1OC. The first-order chi connectivity index (χ1) is 13.7. The third kappa shape index (κ3) is 4.25. The van der Waals surface area contributed by atoms with Crippen LogP contribution in [0.5, 0.6) is 17.2 Å². The van der Waals surface area contributed by atoms with Gasteiger partial charge in [-0.05, 0) is 12.1 Å². The molecule has 0 spiro atoms. The fourth-order valence-corrected chi connectivity index (χ4v) is 2.93. The van der Waals surface area contributed by atoms with Crippen LogP contribution in [0.3, 0.4) is 0 Å². The van der Waals surface area contributed by atoms with Crippen LogP contribution in [0.4, 0.5) is 11.4 Å². The summed E-state index contributed by atoms with van der Waals surface area (Å²) in [5.74, 6) is 1.32. The van der Waals surface area contributed by atoms with Crippen molar-refractivity contribution in [3.8, 4) is 17.2 Å². The molecule has 2 aromatic carbocycles. The summed E-state index contributed by atoms with van der Waals surface area (Å²) in [7, 11) is 4.60. The van der Waals surface area contributed by atoms with Crippen molar-refractivity contribution in [2.24, 2.45) is 0 Å². The molecule has 0 saturated carbocycles. The number of nitrogens with one attached hydrogen (secondary N) is 2. The summed E-state index contributed by atoms with van der Waals surface area (Å²) in [5, 5.41) is 7.18. The van der Waals surface area contributed by atoms with E-state index in [2.05, 4.69) is 15.6 Å². The Balaban J connectivity index is 1.63. The normalized spacial score (nSPS) is 10.4. The van der Waals surface area contributed by atoms with Gasteiger partial charge >= 0.3 is 0 Å². The maximum Gasteiger partial charge on any atom is 0.226 e. The fourth-order valence-electron chi connectivity index (χ4n) is 2.93. The van der Waals surface area contributed by atoms with Crippen molar-refractivity contribution in [1.29, 1.82) is 0 Å². The zero-order valence-corrected chi connectivity index (χ0v) is 16.1. The van der Waals surface area contributed by atoms with Crippen LogP contribution in [0.1, 0.15) is 6.42 Å². The first-order valence-corrected chi connectivity index (χ1v) is 8.83. The molecule has 0 radical (unpaired) electrons. The third-order valence-corrected chi connectivity index (χ3v) is 4.25. The quantitative estimate of drug-likeness (QED) is 0.619. The van der Waals surface area contributed by atoms with E-state index in [1.807, 2.05) is 30.3 Å². The highest BCUT2D eigenvalue weighted by Crippen LogP contribution is 2.39. The second-order valence-electron chi connectivity index (χ2n) is 6.02. The second kappa shape index (κ2) is 8.94. The van der Waals surface area contributed by atoms with E-state index in [9.17, 15) is 4.79 Å². The van der Waals surface area contributed by atoms with Gasteiger partial charge in [-0.25, -0.2) is 0 Å². The van der Waals surface area contributed by atoms with Gasteiger partial charge in [0, 0.05) is 42.4 Å². The molecule has 1 amide bonds. The van der Waals surface area contributed by atoms with Crippen LogP contribution in [0.25, 0.3) is 10.9 Å². The van der Waals surface area contributed by atoms with E-state index in [1.165, 1.54) is 21.3 Å². The van der Waals surface area contributed by atoms with E-state index in [1.54, 1.807) is 18.3 Å². The minimum absolute atomic E-state index is 0.130. The van der Waals surface area contributed by atoms with Gasteiger partial charge in [-0.15, -0.1) is 0 Å². The maximum absolute atomic E-state index is 12.3. The summed E-state index contributed by atoms with van der Waals surface area (Å²) in [5.41, 5.74) is 2.36. The van der Waals surface area contributed by atoms with Gasteiger partial charge in [0.05, 0.1) is 32.5 Å². The molecule has 3 rings (SSSR count). The number of nitrogens with zero attached hydrogens (tertiary/aromatic N) is 1. The molecule has 0 aliphatic heterocycles. The maximum atomic E-state index is 12.3. The lowest BCUT2D eigenvalue weighted by Gasteiger charge is -2.15. The van der Waals surface area contributed by atoms with Crippen LogP contribution in [0.2, 0.25) is 0 Å². The number of fused-ring (bicyclic) bond motifs is 1. The molecule has 1 heterocycles. The van der Waals surface area contributed by atoms with E-state index in [4.69, 9.17) is 14.2 Å². The summed E-state index contributed by atoms with van der Waals surface area (Å²) < 4.78 is 15.9. The molecule has 2 N–H and O–H groups in total. The Morgan fingerprint density at radius 1 is 1.00 bits per heavy atom.